The summed E-state index contributed by atoms with van der Waals surface area (Å²) in [6.07, 6.45) is 7.65. The van der Waals surface area contributed by atoms with Gasteiger partial charge in [-0.15, -0.1) is 0 Å². The van der Waals surface area contributed by atoms with Crippen molar-refractivity contribution in [1.29, 1.82) is 0 Å². The van der Waals surface area contributed by atoms with Crippen molar-refractivity contribution in [3.05, 3.63) is 83.5 Å². The second kappa shape index (κ2) is 14.0. The van der Waals surface area contributed by atoms with E-state index in [9.17, 15) is 4.79 Å². The van der Waals surface area contributed by atoms with E-state index in [1.807, 2.05) is 62.3 Å². The molecule has 1 aromatic carbocycles. The van der Waals surface area contributed by atoms with Crippen LogP contribution in [-0.4, -0.2) is 54.3 Å². The standard InChI is InChI=1S/C37H43FN6O2S2/c1-23(34(45)46-6)19-24-9-7-10-31(41-24)37(4)15-8-14-36(2,3)22-47-18-13-27-26-12-17-39-29(26)21-28(38)32(27)48-25-11-16-40-30(20-25)33-42-35(37)43-44(33)5/h7,9-12,16-17,20-21,23,39H,8,13-15,18-19,22H2,1-6H3. The molecule has 0 aliphatic carbocycles. The monoisotopic (exact) mass is 686 g/mol. The molecule has 4 aromatic heterocycles. The number of aromatic amines is 1. The maximum absolute atomic E-state index is 15.7. The molecular weight excluding hydrogens is 644 g/mol. The van der Waals surface area contributed by atoms with E-state index in [4.69, 9.17) is 19.8 Å². The number of rotatable bonds is 4. The molecule has 8 nitrogen and oxygen atoms in total. The SMILES string of the molecule is COC(=O)C(C)Cc1cccc(C2(C)CCCC(C)(C)CSCCc3c(c(F)cc4[nH]ccc34)Sc3ccnc(c3)-c3nc2nn3C)n1. The highest BCUT2D eigenvalue weighted by molar-refractivity contribution is 7.99. The molecule has 4 bridgehead atoms. The molecule has 0 fully saturated rings. The number of carbonyl (C=O) groups excluding carboxylic acids is 1. The number of carbonyl (C=O) groups is 1. The van der Waals surface area contributed by atoms with Crippen molar-refractivity contribution in [3.8, 4) is 11.5 Å². The summed E-state index contributed by atoms with van der Waals surface area (Å²) in [6.45, 7) is 8.68. The Bertz CT molecular complexity index is 1940. The first kappa shape index (κ1) is 34.2. The van der Waals surface area contributed by atoms with Crippen molar-refractivity contribution in [1.82, 2.24) is 29.7 Å². The molecule has 1 N–H and O–H groups in total. The van der Waals surface area contributed by atoms with E-state index in [0.717, 1.165) is 69.9 Å². The Morgan fingerprint density at radius 3 is 2.79 bits per heavy atom. The summed E-state index contributed by atoms with van der Waals surface area (Å²) in [4.78, 5) is 31.8. The van der Waals surface area contributed by atoms with Crippen LogP contribution >= 0.6 is 23.5 Å². The Morgan fingerprint density at radius 1 is 1.15 bits per heavy atom. The maximum atomic E-state index is 15.7. The van der Waals surface area contributed by atoms with Gasteiger partial charge in [0.1, 0.15) is 11.5 Å². The fraction of sp³-hybridized carbons (Fsp3) is 0.432. The molecule has 252 valence electrons. The van der Waals surface area contributed by atoms with Gasteiger partial charge < -0.3 is 9.72 Å². The van der Waals surface area contributed by atoms with Crippen molar-refractivity contribution in [2.45, 2.75) is 75.0 Å². The summed E-state index contributed by atoms with van der Waals surface area (Å²) in [5.41, 5.74) is 3.72. The van der Waals surface area contributed by atoms with Gasteiger partial charge in [0, 0.05) is 47.4 Å². The molecule has 0 saturated carbocycles. The quantitative estimate of drug-likeness (QED) is 0.189. The average Bonchev–Trinajstić information content (AvgIpc) is 3.70. The summed E-state index contributed by atoms with van der Waals surface area (Å²) in [7, 11) is 3.30. The number of ether oxygens (including phenoxy) is 1. The number of hydrogen-bond acceptors (Lipinski definition) is 8. The number of aromatic nitrogens is 6. The summed E-state index contributed by atoms with van der Waals surface area (Å²) in [5.74, 6) is 2.42. The lowest BCUT2D eigenvalue weighted by Crippen LogP contribution is -2.28. The summed E-state index contributed by atoms with van der Waals surface area (Å²) in [5, 5.41) is 6.04. The molecule has 0 radical (unpaired) electrons. The van der Waals surface area contributed by atoms with Gasteiger partial charge in [-0.25, -0.2) is 14.1 Å². The fourth-order valence-electron chi connectivity index (χ4n) is 6.51. The molecule has 0 amide bonds. The third-order valence-corrected chi connectivity index (χ3v) is 11.9. The largest absolute Gasteiger partial charge is 0.469 e. The number of fused-ring (bicyclic) bond motifs is 8. The highest BCUT2D eigenvalue weighted by atomic mass is 32.2. The number of methoxy groups -OCH3 is 1. The van der Waals surface area contributed by atoms with Crippen molar-refractivity contribution < 1.29 is 13.9 Å². The smallest absolute Gasteiger partial charge is 0.308 e. The Kier molecular flexibility index (Phi) is 9.99. The Hall–Kier alpha value is -3.70. The number of aryl methyl sites for hydroxylation is 2. The number of nitrogens with zero attached hydrogens (tertiary/aromatic N) is 5. The Balaban J connectivity index is 1.43. The predicted octanol–water partition coefficient (Wildman–Crippen LogP) is 8.19. The van der Waals surface area contributed by atoms with Crippen LogP contribution in [0.1, 0.15) is 69.7 Å². The van der Waals surface area contributed by atoms with E-state index in [1.54, 1.807) is 16.9 Å². The minimum Gasteiger partial charge on any atom is -0.469 e. The third-order valence-electron chi connectivity index (χ3n) is 9.31. The topological polar surface area (TPSA) is 98.6 Å². The van der Waals surface area contributed by atoms with Gasteiger partial charge in [0.05, 0.1) is 29.0 Å². The number of pyridine rings is 2. The normalized spacial score (nSPS) is 19.2. The second-order valence-electron chi connectivity index (χ2n) is 13.8. The van der Waals surface area contributed by atoms with Gasteiger partial charge in [0.2, 0.25) is 0 Å². The van der Waals surface area contributed by atoms with Crippen LogP contribution in [0.2, 0.25) is 0 Å². The number of H-pyrrole nitrogens is 1. The molecule has 0 saturated heterocycles. The highest BCUT2D eigenvalue weighted by Crippen LogP contribution is 2.41. The zero-order valence-electron chi connectivity index (χ0n) is 28.5. The van der Waals surface area contributed by atoms with Crippen LogP contribution in [0.25, 0.3) is 22.4 Å². The summed E-state index contributed by atoms with van der Waals surface area (Å²) in [6, 6.07) is 13.5. The minimum absolute atomic E-state index is 0.0925. The van der Waals surface area contributed by atoms with Crippen molar-refractivity contribution >= 4 is 40.4 Å². The molecule has 5 heterocycles. The van der Waals surface area contributed by atoms with Crippen LogP contribution in [0, 0.1) is 17.2 Å². The fourth-order valence-corrected chi connectivity index (χ4v) is 8.72. The Labute approximate surface area is 290 Å². The molecular formula is C37H43FN6O2S2. The molecule has 1 aliphatic heterocycles. The summed E-state index contributed by atoms with van der Waals surface area (Å²) < 4.78 is 22.5. The zero-order chi connectivity index (χ0) is 34.1. The third kappa shape index (κ3) is 7.17. The van der Waals surface area contributed by atoms with Crippen LogP contribution in [-0.2, 0) is 34.8 Å². The molecule has 2 atom stereocenters. The number of halogens is 1. The van der Waals surface area contributed by atoms with E-state index in [1.165, 1.54) is 18.9 Å². The lowest BCUT2D eigenvalue weighted by molar-refractivity contribution is -0.144. The van der Waals surface area contributed by atoms with Crippen molar-refractivity contribution in [2.24, 2.45) is 18.4 Å². The van der Waals surface area contributed by atoms with Crippen molar-refractivity contribution in [2.75, 3.05) is 18.6 Å². The minimum atomic E-state index is -0.592. The first-order valence-corrected chi connectivity index (χ1v) is 18.4. The molecule has 5 aromatic rings. The molecule has 48 heavy (non-hydrogen) atoms. The summed E-state index contributed by atoms with van der Waals surface area (Å²) >= 11 is 3.36. The van der Waals surface area contributed by atoms with Gasteiger partial charge >= 0.3 is 5.97 Å². The van der Waals surface area contributed by atoms with Crippen LogP contribution in [0.15, 0.2) is 64.6 Å². The van der Waals surface area contributed by atoms with E-state index >= 15 is 4.39 Å². The second-order valence-corrected chi connectivity index (χ2v) is 16.0. The van der Waals surface area contributed by atoms with Gasteiger partial charge in [-0.05, 0) is 85.1 Å². The van der Waals surface area contributed by atoms with Crippen LogP contribution in [0.3, 0.4) is 0 Å². The number of esters is 1. The number of benzene rings is 1. The van der Waals surface area contributed by atoms with E-state index in [2.05, 4.69) is 36.8 Å². The lowest BCUT2D eigenvalue weighted by Gasteiger charge is -2.30. The highest BCUT2D eigenvalue weighted by Gasteiger charge is 2.36. The molecule has 1 aliphatic rings. The number of nitrogens with one attached hydrogen (secondary N) is 1. The van der Waals surface area contributed by atoms with Gasteiger partial charge in [0.15, 0.2) is 11.6 Å². The predicted molar refractivity (Wildman–Crippen MR) is 191 cm³/mol. The molecule has 2 unspecified atom stereocenters. The van der Waals surface area contributed by atoms with E-state index < -0.39 is 5.41 Å². The van der Waals surface area contributed by atoms with Gasteiger partial charge in [-0.2, -0.15) is 16.9 Å². The zero-order valence-corrected chi connectivity index (χ0v) is 30.1. The van der Waals surface area contributed by atoms with E-state index in [0.29, 0.717) is 28.7 Å². The first-order valence-electron chi connectivity index (χ1n) is 16.4. The first-order chi connectivity index (χ1) is 23.0. The van der Waals surface area contributed by atoms with Crippen LogP contribution in [0.5, 0.6) is 0 Å². The van der Waals surface area contributed by atoms with E-state index in [-0.39, 0.29) is 23.1 Å². The maximum Gasteiger partial charge on any atom is 0.308 e. The molecule has 11 heteroatoms. The van der Waals surface area contributed by atoms with Crippen molar-refractivity contribution in [3.63, 3.8) is 0 Å². The van der Waals surface area contributed by atoms with Gasteiger partial charge in [0.25, 0.3) is 0 Å². The number of hydrogen-bond donors (Lipinski definition) is 1. The number of thioether (sulfide) groups is 1. The Morgan fingerprint density at radius 2 is 1.98 bits per heavy atom. The van der Waals surface area contributed by atoms with Gasteiger partial charge in [-0.1, -0.05) is 45.0 Å². The lowest BCUT2D eigenvalue weighted by atomic mass is 9.78. The molecule has 0 spiro atoms. The average molecular weight is 687 g/mol. The van der Waals surface area contributed by atoms with Gasteiger partial charge in [-0.3, -0.25) is 14.8 Å². The molecule has 6 rings (SSSR count). The van der Waals surface area contributed by atoms with Crippen LogP contribution < -0.4 is 0 Å². The van der Waals surface area contributed by atoms with Crippen LogP contribution in [0.4, 0.5) is 4.39 Å².